The minimum Gasteiger partial charge on any atom is -0.465 e. The highest BCUT2D eigenvalue weighted by atomic mass is 35.5. The van der Waals surface area contributed by atoms with Gasteiger partial charge in [0.15, 0.2) is 0 Å². The molecule has 7 heteroatoms. The van der Waals surface area contributed by atoms with E-state index in [4.69, 9.17) is 27.9 Å². The standard InChI is InChI=1S/C26H22Cl2N2O3/c1-2-33-25(31)17-29(22-14-20(27)13-21(28)15-22)26(32)24-12-19-10-6-7-11-23(19)30(24)16-18-8-4-3-5-9-18/h3-15H,2,16-17H2,1H3. The van der Waals surface area contributed by atoms with E-state index in [2.05, 4.69) is 0 Å². The summed E-state index contributed by atoms with van der Waals surface area (Å²) in [6.07, 6.45) is 0. The molecule has 0 unspecified atom stereocenters. The van der Waals surface area contributed by atoms with Gasteiger partial charge in [-0.3, -0.25) is 14.5 Å². The fourth-order valence-electron chi connectivity index (χ4n) is 3.77. The molecule has 0 aliphatic carbocycles. The van der Waals surface area contributed by atoms with E-state index in [0.29, 0.717) is 28.0 Å². The predicted molar refractivity (Wildman–Crippen MR) is 132 cm³/mol. The second-order valence-electron chi connectivity index (χ2n) is 7.48. The van der Waals surface area contributed by atoms with Gasteiger partial charge >= 0.3 is 5.97 Å². The van der Waals surface area contributed by atoms with Gasteiger partial charge in [0.2, 0.25) is 0 Å². The maximum atomic E-state index is 13.9. The largest absolute Gasteiger partial charge is 0.465 e. The molecule has 0 saturated carbocycles. The lowest BCUT2D eigenvalue weighted by molar-refractivity contribution is -0.141. The Morgan fingerprint density at radius 1 is 0.909 bits per heavy atom. The quantitative estimate of drug-likeness (QED) is 0.295. The van der Waals surface area contributed by atoms with Crippen molar-refractivity contribution in [3.63, 3.8) is 0 Å². The number of aromatic nitrogens is 1. The molecule has 4 aromatic rings. The van der Waals surface area contributed by atoms with Crippen molar-refractivity contribution >= 4 is 51.7 Å². The van der Waals surface area contributed by atoms with Crippen molar-refractivity contribution in [2.24, 2.45) is 0 Å². The second-order valence-corrected chi connectivity index (χ2v) is 8.36. The second kappa shape index (κ2) is 10.1. The van der Waals surface area contributed by atoms with Crippen LogP contribution in [0, 0.1) is 0 Å². The zero-order valence-corrected chi connectivity index (χ0v) is 19.5. The molecule has 0 bridgehead atoms. The Hall–Kier alpha value is -3.28. The molecule has 1 amide bonds. The van der Waals surface area contributed by atoms with Crippen LogP contribution in [0.4, 0.5) is 5.69 Å². The fourth-order valence-corrected chi connectivity index (χ4v) is 4.29. The van der Waals surface area contributed by atoms with E-state index in [1.165, 1.54) is 4.90 Å². The molecule has 4 rings (SSSR count). The maximum Gasteiger partial charge on any atom is 0.326 e. The van der Waals surface area contributed by atoms with E-state index in [-0.39, 0.29) is 19.1 Å². The van der Waals surface area contributed by atoms with Crippen molar-refractivity contribution in [3.05, 3.63) is 100 Å². The molecule has 168 valence electrons. The van der Waals surface area contributed by atoms with Crippen molar-refractivity contribution in [1.82, 2.24) is 4.57 Å². The molecular weight excluding hydrogens is 459 g/mol. The van der Waals surface area contributed by atoms with Gasteiger partial charge < -0.3 is 9.30 Å². The van der Waals surface area contributed by atoms with Crippen LogP contribution in [0.2, 0.25) is 10.0 Å². The Bertz CT molecular complexity index is 1280. The number of para-hydroxylation sites is 1. The zero-order valence-electron chi connectivity index (χ0n) is 18.0. The molecule has 5 nitrogen and oxygen atoms in total. The molecule has 0 atom stereocenters. The third kappa shape index (κ3) is 5.21. The van der Waals surface area contributed by atoms with E-state index in [1.807, 2.05) is 65.2 Å². The number of fused-ring (bicyclic) bond motifs is 1. The molecule has 0 N–H and O–H groups in total. The summed E-state index contributed by atoms with van der Waals surface area (Å²) in [7, 11) is 0. The van der Waals surface area contributed by atoms with Crippen LogP contribution in [0.25, 0.3) is 10.9 Å². The number of esters is 1. The highest BCUT2D eigenvalue weighted by Gasteiger charge is 2.26. The Morgan fingerprint density at radius 2 is 1.58 bits per heavy atom. The van der Waals surface area contributed by atoms with Gasteiger partial charge in [-0.2, -0.15) is 0 Å². The number of benzene rings is 3. The molecule has 0 fully saturated rings. The lowest BCUT2D eigenvalue weighted by atomic mass is 10.2. The van der Waals surface area contributed by atoms with Gasteiger partial charge in [-0.05, 0) is 42.8 Å². The Balaban J connectivity index is 1.82. The van der Waals surface area contributed by atoms with Gasteiger partial charge in [0.1, 0.15) is 12.2 Å². The molecular formula is C26H22Cl2N2O3. The first-order chi connectivity index (χ1) is 16.0. The third-order valence-corrected chi connectivity index (χ3v) is 5.65. The van der Waals surface area contributed by atoms with Crippen molar-refractivity contribution < 1.29 is 14.3 Å². The summed E-state index contributed by atoms with van der Waals surface area (Å²) in [6.45, 7) is 2.17. The molecule has 0 spiro atoms. The van der Waals surface area contributed by atoms with Crippen LogP contribution in [0.1, 0.15) is 23.0 Å². The summed E-state index contributed by atoms with van der Waals surface area (Å²) in [5.74, 6) is -0.874. The summed E-state index contributed by atoms with van der Waals surface area (Å²) in [5.41, 5.74) is 2.84. The number of carbonyl (C=O) groups excluding carboxylic acids is 2. The van der Waals surface area contributed by atoms with Crippen LogP contribution in [0.15, 0.2) is 78.9 Å². The molecule has 1 aromatic heterocycles. The van der Waals surface area contributed by atoms with Crippen molar-refractivity contribution in [3.8, 4) is 0 Å². The number of rotatable bonds is 7. The van der Waals surface area contributed by atoms with E-state index in [9.17, 15) is 9.59 Å². The van der Waals surface area contributed by atoms with Crippen LogP contribution >= 0.6 is 23.2 Å². The number of nitrogens with zero attached hydrogens (tertiary/aromatic N) is 2. The van der Waals surface area contributed by atoms with E-state index in [1.54, 1.807) is 25.1 Å². The van der Waals surface area contributed by atoms with Crippen LogP contribution in [0.3, 0.4) is 0 Å². The lowest BCUT2D eigenvalue weighted by Crippen LogP contribution is -2.37. The zero-order chi connectivity index (χ0) is 23.4. The average molecular weight is 481 g/mol. The minimum absolute atomic E-state index is 0.214. The summed E-state index contributed by atoms with van der Waals surface area (Å²) in [5, 5.41) is 1.66. The van der Waals surface area contributed by atoms with Crippen molar-refractivity contribution in [2.45, 2.75) is 13.5 Å². The average Bonchev–Trinajstić information content (AvgIpc) is 3.16. The summed E-state index contributed by atoms with van der Waals surface area (Å²) in [4.78, 5) is 27.6. The fraction of sp³-hybridized carbons (Fsp3) is 0.154. The number of carbonyl (C=O) groups is 2. The molecule has 0 saturated heterocycles. The van der Waals surface area contributed by atoms with Gasteiger partial charge in [0, 0.05) is 33.2 Å². The molecule has 33 heavy (non-hydrogen) atoms. The Labute approximate surface area is 202 Å². The van der Waals surface area contributed by atoms with Crippen LogP contribution in [-0.2, 0) is 16.1 Å². The van der Waals surface area contributed by atoms with Gasteiger partial charge in [-0.25, -0.2) is 0 Å². The maximum absolute atomic E-state index is 13.9. The summed E-state index contributed by atoms with van der Waals surface area (Å²) >= 11 is 12.4. The van der Waals surface area contributed by atoms with Crippen molar-refractivity contribution in [2.75, 3.05) is 18.1 Å². The van der Waals surface area contributed by atoms with E-state index >= 15 is 0 Å². The molecule has 0 aliphatic rings. The van der Waals surface area contributed by atoms with Crippen LogP contribution in [0.5, 0.6) is 0 Å². The third-order valence-electron chi connectivity index (χ3n) is 5.21. The van der Waals surface area contributed by atoms with E-state index < -0.39 is 5.97 Å². The van der Waals surface area contributed by atoms with Gasteiger partial charge in [0.25, 0.3) is 5.91 Å². The first-order valence-corrected chi connectivity index (χ1v) is 11.3. The summed E-state index contributed by atoms with van der Waals surface area (Å²) in [6, 6.07) is 24.3. The van der Waals surface area contributed by atoms with Crippen LogP contribution in [-0.4, -0.2) is 29.6 Å². The number of halogens is 2. The van der Waals surface area contributed by atoms with E-state index in [0.717, 1.165) is 16.5 Å². The topological polar surface area (TPSA) is 51.5 Å². The molecule has 3 aromatic carbocycles. The number of hydrogen-bond acceptors (Lipinski definition) is 3. The molecule has 0 aliphatic heterocycles. The highest BCUT2D eigenvalue weighted by Crippen LogP contribution is 2.29. The first kappa shape index (κ1) is 22.9. The molecule has 1 heterocycles. The number of ether oxygens (including phenoxy) is 1. The smallest absolute Gasteiger partial charge is 0.326 e. The number of amides is 1. The number of hydrogen-bond donors (Lipinski definition) is 0. The minimum atomic E-state index is -0.521. The predicted octanol–water partition coefficient (Wildman–Crippen LogP) is 6.21. The van der Waals surface area contributed by atoms with Gasteiger partial charge in [-0.15, -0.1) is 0 Å². The summed E-state index contributed by atoms with van der Waals surface area (Å²) < 4.78 is 7.08. The first-order valence-electron chi connectivity index (χ1n) is 10.5. The lowest BCUT2D eigenvalue weighted by Gasteiger charge is -2.23. The Morgan fingerprint density at radius 3 is 2.27 bits per heavy atom. The van der Waals surface area contributed by atoms with Gasteiger partial charge in [-0.1, -0.05) is 71.7 Å². The molecule has 0 radical (unpaired) electrons. The normalized spacial score (nSPS) is 10.9. The SMILES string of the molecule is CCOC(=O)CN(C(=O)c1cc2ccccc2n1Cc1ccccc1)c1cc(Cl)cc(Cl)c1. The Kier molecular flexibility index (Phi) is 7.02. The highest BCUT2D eigenvalue weighted by molar-refractivity contribution is 6.35. The monoisotopic (exact) mass is 480 g/mol. The van der Waals surface area contributed by atoms with Crippen LogP contribution < -0.4 is 4.90 Å². The van der Waals surface area contributed by atoms with Gasteiger partial charge in [0.05, 0.1) is 6.61 Å². The van der Waals surface area contributed by atoms with Crippen molar-refractivity contribution in [1.29, 1.82) is 0 Å². The number of anilines is 1.